The Balaban J connectivity index is 0.997. The smallest absolute Gasteiger partial charge is 0.0543 e. The fraction of sp³-hybridized carbons (Fsp3) is 0.265. The fourth-order valence-corrected chi connectivity index (χ4v) is 14.7. The molecule has 0 amide bonds. The first-order valence-electron chi connectivity index (χ1n) is 26.1. The van der Waals surface area contributed by atoms with Crippen LogP contribution in [0.2, 0.25) is 0 Å². The first kappa shape index (κ1) is 43.1. The highest BCUT2D eigenvalue weighted by Gasteiger charge is 2.59. The zero-order chi connectivity index (χ0) is 47.6. The molecule has 4 unspecified atom stereocenters. The third-order valence-electron chi connectivity index (χ3n) is 18.8. The fourth-order valence-electron chi connectivity index (χ4n) is 14.7. The number of nitrogens with zero attached hydrogens (tertiary/aromatic N) is 2. The van der Waals surface area contributed by atoms with Gasteiger partial charge in [0.05, 0.1) is 11.1 Å². The maximum absolute atomic E-state index is 2.70. The van der Waals surface area contributed by atoms with Gasteiger partial charge < -0.3 is 9.80 Å². The van der Waals surface area contributed by atoms with Crippen LogP contribution in [0.4, 0.5) is 22.7 Å². The summed E-state index contributed by atoms with van der Waals surface area (Å²) >= 11 is 0. The van der Waals surface area contributed by atoms with Crippen LogP contribution in [0.5, 0.6) is 0 Å². The summed E-state index contributed by atoms with van der Waals surface area (Å²) in [7, 11) is 0. The molecule has 2 saturated carbocycles. The Bertz CT molecular complexity index is 3250. The van der Waals surface area contributed by atoms with Crippen LogP contribution >= 0.6 is 0 Å². The van der Waals surface area contributed by atoms with Gasteiger partial charge in [-0.1, -0.05) is 174 Å². The van der Waals surface area contributed by atoms with Crippen LogP contribution < -0.4 is 9.80 Å². The van der Waals surface area contributed by atoms with E-state index in [1.165, 1.54) is 138 Å². The van der Waals surface area contributed by atoms with Gasteiger partial charge in [0.1, 0.15) is 0 Å². The predicted molar refractivity (Wildman–Crippen MR) is 298 cm³/mol. The van der Waals surface area contributed by atoms with Crippen molar-refractivity contribution in [3.63, 3.8) is 0 Å². The first-order chi connectivity index (χ1) is 34.0. The van der Waals surface area contributed by atoms with Gasteiger partial charge in [0.2, 0.25) is 0 Å². The standard InChI is InChI=1S/C68H64N2/c1-65(2)39-19-29-59-57-43-49(33-37-61(57)69(67(59,65)5)51-25-15-9-16-26-51)47-31-35-53-55(41-47)63(45-21-11-7-12-22-45)54-36-32-48(42-56(54)64(53)46-23-13-8-14-24-46)50-34-38-62-58(44-50)60-30-20-40-66(3,4)68(60,6)70(62)52-27-17-10-18-28-52/h7-18,21-28,31-38,41-44,59-60H,19-20,29-30,39-40H2,1-6H3. The van der Waals surface area contributed by atoms with E-state index < -0.39 is 0 Å². The molecule has 2 aliphatic carbocycles. The van der Waals surface area contributed by atoms with E-state index in [1.807, 2.05) is 0 Å². The van der Waals surface area contributed by atoms with Gasteiger partial charge in [-0.05, 0) is 188 Å². The van der Waals surface area contributed by atoms with Crippen molar-refractivity contribution < 1.29 is 0 Å². The number of anilines is 4. The molecule has 4 aliphatic rings. The summed E-state index contributed by atoms with van der Waals surface area (Å²) in [5, 5.41) is 5.14. The van der Waals surface area contributed by atoms with Crippen LogP contribution in [0.3, 0.4) is 0 Å². The van der Waals surface area contributed by atoms with E-state index in [2.05, 4.69) is 245 Å². The number of hydrogen-bond donors (Lipinski definition) is 0. The number of hydrogen-bond acceptors (Lipinski definition) is 2. The SMILES string of the molecule is CC1(C)CCCC2c3cc(-c4ccc5c(-c6ccccc6)c6cc(-c7ccc8c(c7)C7CCCC(C)(C)C7(C)N8c7ccccc7)ccc6c(-c6ccccc6)c5c4)ccc3N(c3ccccc3)C21C. The second kappa shape index (κ2) is 15.8. The van der Waals surface area contributed by atoms with Gasteiger partial charge in [-0.15, -0.1) is 0 Å². The normalized spacial score (nSPS) is 22.9. The Hall–Kier alpha value is -6.90. The van der Waals surface area contributed by atoms with Gasteiger partial charge in [0, 0.05) is 34.6 Å². The molecule has 0 saturated heterocycles. The molecule has 4 atom stereocenters. The van der Waals surface area contributed by atoms with Gasteiger partial charge >= 0.3 is 0 Å². The summed E-state index contributed by atoms with van der Waals surface area (Å²) in [5.41, 5.74) is 18.7. The third kappa shape index (κ3) is 6.17. The van der Waals surface area contributed by atoms with Crippen LogP contribution in [0.25, 0.3) is 66.1 Å². The molecule has 0 N–H and O–H groups in total. The maximum Gasteiger partial charge on any atom is 0.0543 e. The summed E-state index contributed by atoms with van der Waals surface area (Å²) in [4.78, 5) is 5.40. The Kier molecular flexibility index (Phi) is 9.74. The average molecular weight is 909 g/mol. The first-order valence-corrected chi connectivity index (χ1v) is 26.1. The lowest BCUT2D eigenvalue weighted by Gasteiger charge is -2.55. The number of fused-ring (bicyclic) bond motifs is 8. The number of rotatable bonds is 6. The lowest BCUT2D eigenvalue weighted by molar-refractivity contribution is 0.101. The molecule has 2 heterocycles. The monoisotopic (exact) mass is 909 g/mol. The molecule has 13 rings (SSSR count). The minimum absolute atomic E-state index is 0.0323. The van der Waals surface area contributed by atoms with E-state index in [0.717, 1.165) is 0 Å². The highest BCUT2D eigenvalue weighted by molar-refractivity contribution is 6.22. The number of benzene rings is 9. The van der Waals surface area contributed by atoms with E-state index in [9.17, 15) is 0 Å². The van der Waals surface area contributed by atoms with E-state index >= 15 is 0 Å². The van der Waals surface area contributed by atoms with Gasteiger partial charge in [-0.2, -0.15) is 0 Å². The second-order valence-electron chi connectivity index (χ2n) is 22.8. The van der Waals surface area contributed by atoms with Crippen molar-refractivity contribution in [2.75, 3.05) is 9.80 Å². The molecule has 70 heavy (non-hydrogen) atoms. The average Bonchev–Trinajstić information content (AvgIpc) is 3.81. The molecule has 2 fully saturated rings. The summed E-state index contributed by atoms with van der Waals surface area (Å²) in [6.45, 7) is 15.1. The van der Waals surface area contributed by atoms with E-state index in [-0.39, 0.29) is 21.9 Å². The molecule has 2 heteroatoms. The largest absolute Gasteiger partial charge is 0.334 e. The molecule has 0 spiro atoms. The minimum atomic E-state index is -0.0323. The summed E-state index contributed by atoms with van der Waals surface area (Å²) < 4.78 is 0. The topological polar surface area (TPSA) is 6.48 Å². The molecule has 0 bridgehead atoms. The Morgan fingerprint density at radius 1 is 0.343 bits per heavy atom. The van der Waals surface area contributed by atoms with Gasteiger partial charge in [0.25, 0.3) is 0 Å². The quantitative estimate of drug-likeness (QED) is 0.153. The lowest BCUT2D eigenvalue weighted by atomic mass is 9.58. The predicted octanol–water partition coefficient (Wildman–Crippen LogP) is 19.1. The van der Waals surface area contributed by atoms with Crippen LogP contribution in [-0.4, -0.2) is 11.1 Å². The summed E-state index contributed by atoms with van der Waals surface area (Å²) in [5.74, 6) is 0.893. The molecule has 2 aliphatic heterocycles. The zero-order valence-electron chi connectivity index (χ0n) is 41.8. The summed E-state index contributed by atoms with van der Waals surface area (Å²) in [6, 6.07) is 74.0. The van der Waals surface area contributed by atoms with Crippen LogP contribution in [0.1, 0.15) is 103 Å². The van der Waals surface area contributed by atoms with Crippen molar-refractivity contribution in [3.05, 3.63) is 205 Å². The van der Waals surface area contributed by atoms with Crippen molar-refractivity contribution in [1.29, 1.82) is 0 Å². The van der Waals surface area contributed by atoms with Crippen LogP contribution in [-0.2, 0) is 0 Å². The van der Waals surface area contributed by atoms with Crippen LogP contribution in [0.15, 0.2) is 194 Å². The van der Waals surface area contributed by atoms with Gasteiger partial charge in [0.15, 0.2) is 0 Å². The minimum Gasteiger partial charge on any atom is -0.334 e. The third-order valence-corrected chi connectivity index (χ3v) is 18.8. The molecular weight excluding hydrogens is 845 g/mol. The second-order valence-corrected chi connectivity index (χ2v) is 22.8. The summed E-state index contributed by atoms with van der Waals surface area (Å²) in [6.07, 6.45) is 7.39. The van der Waals surface area contributed by atoms with Crippen molar-refractivity contribution in [3.8, 4) is 44.5 Å². The molecule has 0 aromatic heterocycles. The van der Waals surface area contributed by atoms with Crippen molar-refractivity contribution >= 4 is 44.3 Å². The van der Waals surface area contributed by atoms with Gasteiger partial charge in [-0.3, -0.25) is 0 Å². The molecular formula is C68H64N2. The maximum atomic E-state index is 2.70. The Labute approximate surface area is 415 Å². The molecule has 0 radical (unpaired) electrons. The highest BCUT2D eigenvalue weighted by atomic mass is 15.3. The molecule has 346 valence electrons. The van der Waals surface area contributed by atoms with Crippen LogP contribution in [0, 0.1) is 10.8 Å². The van der Waals surface area contributed by atoms with E-state index in [0.29, 0.717) is 11.8 Å². The van der Waals surface area contributed by atoms with E-state index in [4.69, 9.17) is 0 Å². The number of para-hydroxylation sites is 2. The van der Waals surface area contributed by atoms with E-state index in [1.54, 1.807) is 0 Å². The van der Waals surface area contributed by atoms with Crippen molar-refractivity contribution in [2.45, 2.75) is 103 Å². The lowest BCUT2D eigenvalue weighted by Crippen LogP contribution is -2.56. The Morgan fingerprint density at radius 2 is 0.686 bits per heavy atom. The van der Waals surface area contributed by atoms with Crippen molar-refractivity contribution in [2.24, 2.45) is 10.8 Å². The highest BCUT2D eigenvalue weighted by Crippen LogP contribution is 2.65. The molecule has 9 aromatic rings. The zero-order valence-corrected chi connectivity index (χ0v) is 41.8. The molecule has 2 nitrogen and oxygen atoms in total. The Morgan fingerprint density at radius 3 is 1.07 bits per heavy atom. The molecule has 9 aromatic carbocycles. The van der Waals surface area contributed by atoms with Crippen molar-refractivity contribution in [1.82, 2.24) is 0 Å². The van der Waals surface area contributed by atoms with Gasteiger partial charge in [-0.25, -0.2) is 0 Å².